The number of benzene rings is 2. The second-order valence-corrected chi connectivity index (χ2v) is 9.31. The summed E-state index contributed by atoms with van der Waals surface area (Å²) in [4.78, 5) is 27.7. The number of amides is 1. The number of nitriles is 1. The summed E-state index contributed by atoms with van der Waals surface area (Å²) in [6.07, 6.45) is 4.57. The second kappa shape index (κ2) is 15.4. The highest BCUT2D eigenvalue weighted by molar-refractivity contribution is 6.31. The molecular weight excluding hydrogens is 573 g/mol. The normalized spacial score (nSPS) is 14.9. The number of fused-ring (bicyclic) bond motifs is 1. The number of hydrogen-bond acceptors (Lipinski definition) is 11. The fraction of sp³-hybridized carbons (Fsp3) is 0.321. The highest BCUT2D eigenvalue weighted by Crippen LogP contribution is 2.37. The number of nitrogens with one attached hydrogen (secondary N) is 2. The molecule has 42 heavy (non-hydrogen) atoms. The molecule has 4 N–H and O–H groups in total. The molecule has 0 bridgehead atoms. The maximum absolute atomic E-state index is 13.7. The van der Waals surface area contributed by atoms with Crippen molar-refractivity contribution in [1.82, 2.24) is 10.2 Å². The fourth-order valence-electron chi connectivity index (χ4n) is 3.99. The van der Waals surface area contributed by atoms with Gasteiger partial charge in [-0.05, 0) is 24.3 Å². The van der Waals surface area contributed by atoms with Crippen molar-refractivity contribution in [2.75, 3.05) is 56.8 Å². The van der Waals surface area contributed by atoms with Gasteiger partial charge in [0.25, 0.3) is 0 Å². The minimum atomic E-state index is -0.582. The lowest BCUT2D eigenvalue weighted by Crippen LogP contribution is -2.27. The van der Waals surface area contributed by atoms with Gasteiger partial charge in [0.15, 0.2) is 0 Å². The summed E-state index contributed by atoms with van der Waals surface area (Å²) in [5.41, 5.74) is 1.82. The van der Waals surface area contributed by atoms with Crippen LogP contribution in [0.25, 0.3) is 10.9 Å². The maximum atomic E-state index is 13.7. The molecule has 0 spiro atoms. The number of rotatable bonds is 14. The topological polar surface area (TPSA) is 158 Å². The van der Waals surface area contributed by atoms with E-state index in [4.69, 9.17) is 41.0 Å². The highest BCUT2D eigenvalue weighted by atomic mass is 35.5. The molecule has 1 aliphatic rings. The first-order valence-corrected chi connectivity index (χ1v) is 13.4. The Morgan fingerprint density at radius 3 is 2.71 bits per heavy atom. The van der Waals surface area contributed by atoms with Crippen LogP contribution in [0.3, 0.4) is 0 Å². The van der Waals surface area contributed by atoms with Gasteiger partial charge < -0.3 is 30.3 Å². The van der Waals surface area contributed by atoms with Gasteiger partial charge in [-0.15, -0.1) is 0 Å². The Kier molecular flexibility index (Phi) is 11.4. The highest BCUT2D eigenvalue weighted by Gasteiger charge is 2.21. The lowest BCUT2D eigenvalue weighted by atomic mass is 10.1. The third kappa shape index (κ3) is 8.34. The third-order valence-electron chi connectivity index (χ3n) is 5.89. The molecule has 0 radical (unpaired) electrons. The zero-order chi connectivity index (χ0) is 29.9. The van der Waals surface area contributed by atoms with Crippen molar-refractivity contribution in [3.63, 3.8) is 0 Å². The fourth-order valence-corrected chi connectivity index (χ4v) is 4.17. The number of hydroxylamine groups is 2. The van der Waals surface area contributed by atoms with Crippen LogP contribution in [0.5, 0.6) is 5.75 Å². The second-order valence-electron chi connectivity index (χ2n) is 8.90. The zero-order valence-corrected chi connectivity index (χ0v) is 23.1. The molecule has 1 aromatic heterocycles. The molecule has 1 atom stereocenters. The Bertz CT molecular complexity index is 1450. The minimum Gasteiger partial charge on any atom is -0.486 e. The molecule has 0 saturated carbocycles. The van der Waals surface area contributed by atoms with Crippen LogP contribution < -0.4 is 15.4 Å². The van der Waals surface area contributed by atoms with Crippen LogP contribution in [0.4, 0.5) is 21.5 Å². The number of ether oxygens (including phenoxy) is 2. The number of carbonyl (C=O) groups is 1. The third-order valence-corrected chi connectivity index (χ3v) is 6.18. The molecule has 1 fully saturated rings. The summed E-state index contributed by atoms with van der Waals surface area (Å²) in [5.74, 6) is -0.733. The average Bonchev–Trinajstić information content (AvgIpc) is 3.50. The molecule has 2 heterocycles. The SMILES string of the molecule is N#Cc1cnc2cc(OC3CCOC3)c(NC(=O)/C=C/CN(OCCO)OCCO)cc2c1Nc1ccc(F)c(Cl)c1. The number of halogens is 2. The van der Waals surface area contributed by atoms with Crippen molar-refractivity contribution >= 4 is 45.5 Å². The van der Waals surface area contributed by atoms with E-state index in [1.165, 1.54) is 36.5 Å². The van der Waals surface area contributed by atoms with E-state index in [1.54, 1.807) is 12.1 Å². The van der Waals surface area contributed by atoms with E-state index in [9.17, 15) is 14.4 Å². The van der Waals surface area contributed by atoms with Gasteiger partial charge in [0.2, 0.25) is 5.91 Å². The Morgan fingerprint density at radius 2 is 2.05 bits per heavy atom. The van der Waals surface area contributed by atoms with Crippen LogP contribution in [0, 0.1) is 17.1 Å². The van der Waals surface area contributed by atoms with E-state index in [-0.39, 0.29) is 49.7 Å². The Morgan fingerprint density at radius 1 is 1.26 bits per heavy atom. The van der Waals surface area contributed by atoms with Crippen LogP contribution in [0.1, 0.15) is 12.0 Å². The van der Waals surface area contributed by atoms with E-state index in [0.29, 0.717) is 53.3 Å². The van der Waals surface area contributed by atoms with Gasteiger partial charge in [0.05, 0.1) is 73.7 Å². The molecule has 2 aromatic carbocycles. The number of anilines is 3. The predicted molar refractivity (Wildman–Crippen MR) is 152 cm³/mol. The molecule has 3 aromatic rings. The lowest BCUT2D eigenvalue weighted by molar-refractivity contribution is -0.365. The van der Waals surface area contributed by atoms with Gasteiger partial charge in [-0.25, -0.2) is 4.39 Å². The molecule has 1 unspecified atom stereocenters. The lowest BCUT2D eigenvalue weighted by Gasteiger charge is -2.19. The van der Waals surface area contributed by atoms with Crippen molar-refractivity contribution in [2.45, 2.75) is 12.5 Å². The van der Waals surface area contributed by atoms with Crippen LogP contribution in [0.15, 0.2) is 48.7 Å². The number of aliphatic hydroxyl groups excluding tert-OH is 2. The molecule has 1 amide bonds. The van der Waals surface area contributed by atoms with Crippen LogP contribution in [-0.4, -0.2) is 78.6 Å². The molecule has 4 rings (SSSR count). The molecule has 1 saturated heterocycles. The standard InChI is InChI=1S/C28H29ClFN5O7/c29-22-12-19(3-4-23(22)30)33-28-18(15-31)16-32-24-14-26(42-20-5-9-39-17-20)25(13-21(24)28)34-27(38)2-1-6-35(40-10-7-36)41-11-8-37/h1-4,12-14,16,20,36-37H,5-11,17H2,(H,32,33)(H,34,38)/b2-1+. The van der Waals surface area contributed by atoms with Gasteiger partial charge >= 0.3 is 0 Å². The van der Waals surface area contributed by atoms with Crippen molar-refractivity contribution < 1.29 is 38.5 Å². The summed E-state index contributed by atoms with van der Waals surface area (Å²) in [7, 11) is 0. The summed E-state index contributed by atoms with van der Waals surface area (Å²) >= 11 is 5.95. The van der Waals surface area contributed by atoms with Crippen LogP contribution >= 0.6 is 11.6 Å². The van der Waals surface area contributed by atoms with Crippen LogP contribution in [0.2, 0.25) is 5.02 Å². The van der Waals surface area contributed by atoms with E-state index in [0.717, 1.165) is 5.23 Å². The van der Waals surface area contributed by atoms with Gasteiger partial charge in [0, 0.05) is 35.8 Å². The first-order valence-electron chi connectivity index (χ1n) is 13.0. The van der Waals surface area contributed by atoms with Gasteiger partial charge in [-0.1, -0.05) is 22.9 Å². The molecule has 0 aliphatic carbocycles. The van der Waals surface area contributed by atoms with E-state index in [2.05, 4.69) is 21.7 Å². The monoisotopic (exact) mass is 601 g/mol. The summed E-state index contributed by atoms with van der Waals surface area (Å²) in [6.45, 7) is 0.412. The first kappa shape index (κ1) is 31.1. The molecular formula is C28H29ClFN5O7. The van der Waals surface area contributed by atoms with Crippen molar-refractivity contribution in [3.05, 3.63) is 65.1 Å². The van der Waals surface area contributed by atoms with Crippen molar-refractivity contribution in [2.24, 2.45) is 0 Å². The van der Waals surface area contributed by atoms with Crippen molar-refractivity contribution in [3.8, 4) is 11.8 Å². The molecule has 1 aliphatic heterocycles. The zero-order valence-electron chi connectivity index (χ0n) is 22.4. The first-order chi connectivity index (χ1) is 20.4. The molecule has 14 heteroatoms. The van der Waals surface area contributed by atoms with Gasteiger partial charge in [0.1, 0.15) is 23.7 Å². The van der Waals surface area contributed by atoms with Crippen molar-refractivity contribution in [1.29, 1.82) is 5.26 Å². The summed E-state index contributed by atoms with van der Waals surface area (Å²) in [5, 5.41) is 35.1. The average molecular weight is 602 g/mol. The number of nitrogens with zero attached hydrogens (tertiary/aromatic N) is 3. The summed E-state index contributed by atoms with van der Waals surface area (Å²) in [6, 6.07) is 9.47. The predicted octanol–water partition coefficient (Wildman–Crippen LogP) is 3.45. The molecule has 12 nitrogen and oxygen atoms in total. The summed E-state index contributed by atoms with van der Waals surface area (Å²) < 4.78 is 25.3. The minimum absolute atomic E-state index is 0.0255. The van der Waals surface area contributed by atoms with Crippen LogP contribution in [-0.2, 0) is 19.2 Å². The quantitative estimate of drug-likeness (QED) is 0.158. The number of pyridine rings is 1. The smallest absolute Gasteiger partial charge is 0.248 e. The van der Waals surface area contributed by atoms with E-state index < -0.39 is 11.7 Å². The van der Waals surface area contributed by atoms with E-state index in [1.807, 2.05) is 0 Å². The maximum Gasteiger partial charge on any atom is 0.248 e. The number of aromatic nitrogens is 1. The molecule has 222 valence electrons. The van der Waals surface area contributed by atoms with Gasteiger partial charge in [-0.2, -0.15) is 5.26 Å². The Labute approximate surface area is 245 Å². The van der Waals surface area contributed by atoms with Gasteiger partial charge in [-0.3, -0.25) is 19.5 Å². The van der Waals surface area contributed by atoms with E-state index >= 15 is 0 Å². The Balaban J connectivity index is 1.64. The largest absolute Gasteiger partial charge is 0.486 e. The number of aliphatic hydroxyl groups is 2. The Hall–Kier alpha value is -3.87. The number of hydrogen-bond donors (Lipinski definition) is 4. The number of carbonyl (C=O) groups excluding carboxylic acids is 1.